The molecule has 0 spiro atoms. The number of anilines is 1. The molecule has 4 aromatic rings. The number of aryl methyl sites for hydroxylation is 2. The van der Waals surface area contributed by atoms with Crippen LogP contribution in [0.15, 0.2) is 42.5 Å². The second-order valence-corrected chi connectivity index (χ2v) is 6.60. The lowest BCUT2D eigenvalue weighted by molar-refractivity contribution is 0.102. The molecule has 0 bridgehead atoms. The minimum atomic E-state index is -0.186. The summed E-state index contributed by atoms with van der Waals surface area (Å²) in [6.07, 6.45) is 1.05. The highest BCUT2D eigenvalue weighted by atomic mass is 16.5. The van der Waals surface area contributed by atoms with Crippen molar-refractivity contribution in [3.63, 3.8) is 0 Å². The molecule has 4 rings (SSSR count). The van der Waals surface area contributed by atoms with Gasteiger partial charge >= 0.3 is 0 Å². The molecule has 27 heavy (non-hydrogen) atoms. The predicted octanol–water partition coefficient (Wildman–Crippen LogP) is 4.50. The molecule has 1 amide bonds. The smallest absolute Gasteiger partial charge is 0.272 e. The Bertz CT molecular complexity index is 1140. The molecule has 2 aromatic heterocycles. The maximum absolute atomic E-state index is 12.6. The molecule has 2 heterocycles. The largest absolute Gasteiger partial charge is 0.497 e. The van der Waals surface area contributed by atoms with Gasteiger partial charge in [-0.1, -0.05) is 6.92 Å². The monoisotopic (exact) mass is 362 g/mol. The second kappa shape index (κ2) is 6.79. The number of aromatic amines is 1. The van der Waals surface area contributed by atoms with Gasteiger partial charge in [0.1, 0.15) is 17.3 Å². The van der Waals surface area contributed by atoms with Crippen LogP contribution in [0.5, 0.6) is 5.75 Å². The Balaban J connectivity index is 1.60. The number of amides is 1. The minimum absolute atomic E-state index is 0.186. The summed E-state index contributed by atoms with van der Waals surface area (Å²) in [6.45, 7) is 5.09. The molecule has 2 aromatic carbocycles. The van der Waals surface area contributed by atoms with E-state index in [9.17, 15) is 4.79 Å². The van der Waals surface area contributed by atoms with Gasteiger partial charge in [0.05, 0.1) is 18.1 Å². The van der Waals surface area contributed by atoms with Crippen LogP contribution in [-0.2, 0) is 6.54 Å². The molecule has 0 radical (unpaired) electrons. The van der Waals surface area contributed by atoms with Crippen LogP contribution in [0, 0.1) is 6.92 Å². The molecule has 0 aliphatic heterocycles. The lowest BCUT2D eigenvalue weighted by Crippen LogP contribution is -2.12. The van der Waals surface area contributed by atoms with E-state index in [1.54, 1.807) is 7.11 Å². The first-order chi connectivity index (χ1) is 13.1. The highest BCUT2D eigenvalue weighted by molar-refractivity contribution is 6.06. The number of nitrogens with zero attached hydrogens (tertiary/aromatic N) is 2. The van der Waals surface area contributed by atoms with Gasteiger partial charge in [0.15, 0.2) is 0 Å². The third kappa shape index (κ3) is 3.14. The summed E-state index contributed by atoms with van der Waals surface area (Å²) in [6, 6.07) is 13.3. The van der Waals surface area contributed by atoms with Crippen LogP contribution in [0.3, 0.4) is 0 Å². The fraction of sp³-hybridized carbons (Fsp3) is 0.238. The summed E-state index contributed by atoms with van der Waals surface area (Å²) in [4.78, 5) is 20.4. The van der Waals surface area contributed by atoms with Crippen LogP contribution in [0.25, 0.3) is 21.9 Å². The maximum Gasteiger partial charge on any atom is 0.272 e. The first-order valence-electron chi connectivity index (χ1n) is 9.04. The third-order valence-electron chi connectivity index (χ3n) is 4.72. The van der Waals surface area contributed by atoms with Crippen molar-refractivity contribution in [2.24, 2.45) is 0 Å². The van der Waals surface area contributed by atoms with Crippen molar-refractivity contribution in [3.8, 4) is 5.75 Å². The van der Waals surface area contributed by atoms with Crippen LogP contribution in [0.4, 0.5) is 5.69 Å². The van der Waals surface area contributed by atoms with E-state index in [4.69, 9.17) is 4.74 Å². The Morgan fingerprint density at radius 1 is 1.22 bits per heavy atom. The number of rotatable bonds is 5. The molecular weight excluding hydrogens is 340 g/mol. The second-order valence-electron chi connectivity index (χ2n) is 6.60. The predicted molar refractivity (Wildman–Crippen MR) is 108 cm³/mol. The minimum Gasteiger partial charge on any atom is -0.497 e. The molecule has 0 aliphatic carbocycles. The average molecular weight is 362 g/mol. The Hall–Kier alpha value is -3.28. The number of aromatic nitrogens is 3. The van der Waals surface area contributed by atoms with Crippen molar-refractivity contribution in [1.29, 1.82) is 0 Å². The zero-order valence-corrected chi connectivity index (χ0v) is 15.7. The quantitative estimate of drug-likeness (QED) is 0.549. The van der Waals surface area contributed by atoms with Crippen LogP contribution in [0.1, 0.15) is 29.7 Å². The van der Waals surface area contributed by atoms with Crippen LogP contribution >= 0.6 is 0 Å². The maximum atomic E-state index is 12.6. The zero-order chi connectivity index (χ0) is 19.0. The van der Waals surface area contributed by atoms with Gasteiger partial charge in [-0.15, -0.1) is 0 Å². The van der Waals surface area contributed by atoms with E-state index < -0.39 is 0 Å². The third-order valence-corrected chi connectivity index (χ3v) is 4.72. The normalized spacial score (nSPS) is 11.2. The number of benzene rings is 2. The molecular formula is C21H22N4O2. The lowest BCUT2D eigenvalue weighted by Gasteiger charge is -2.06. The van der Waals surface area contributed by atoms with Gasteiger partial charge in [-0.3, -0.25) is 4.79 Å². The van der Waals surface area contributed by atoms with Crippen molar-refractivity contribution in [1.82, 2.24) is 14.5 Å². The summed E-state index contributed by atoms with van der Waals surface area (Å²) in [7, 11) is 1.63. The van der Waals surface area contributed by atoms with Gasteiger partial charge < -0.3 is 19.6 Å². The van der Waals surface area contributed by atoms with Crippen LogP contribution in [-0.4, -0.2) is 27.6 Å². The highest BCUT2D eigenvalue weighted by Gasteiger charge is 2.12. The molecule has 0 atom stereocenters. The van der Waals surface area contributed by atoms with E-state index in [-0.39, 0.29) is 5.91 Å². The van der Waals surface area contributed by atoms with Gasteiger partial charge in [-0.25, -0.2) is 4.98 Å². The Kier molecular flexibility index (Phi) is 4.32. The number of carbonyl (C=O) groups excluding carboxylic acids is 1. The molecule has 2 N–H and O–H groups in total. The SMILES string of the molecule is CCCn1c(C)nc2cc(NC(=O)c3cc4cc(OC)ccc4[nH]3)ccc21. The number of methoxy groups -OCH3 is 1. The summed E-state index contributed by atoms with van der Waals surface area (Å²) in [5.41, 5.74) is 4.10. The van der Waals surface area contributed by atoms with E-state index in [1.165, 1.54) is 0 Å². The number of imidazole rings is 1. The van der Waals surface area contributed by atoms with Gasteiger partial charge in [0.25, 0.3) is 5.91 Å². The standard InChI is InChI=1S/C21H22N4O2/c1-4-9-25-13(2)22-18-12-15(5-8-20(18)25)23-21(26)19-11-14-10-16(27-3)6-7-17(14)24-19/h5-8,10-12,24H,4,9H2,1-3H3,(H,23,26). The molecule has 0 saturated carbocycles. The summed E-state index contributed by atoms with van der Waals surface area (Å²) in [5.74, 6) is 1.56. The van der Waals surface area contributed by atoms with E-state index in [0.29, 0.717) is 5.69 Å². The lowest BCUT2D eigenvalue weighted by atomic mass is 10.2. The number of carbonyl (C=O) groups is 1. The van der Waals surface area contributed by atoms with E-state index in [2.05, 4.69) is 26.8 Å². The van der Waals surface area contributed by atoms with Crippen molar-refractivity contribution in [3.05, 3.63) is 54.0 Å². The van der Waals surface area contributed by atoms with Gasteiger partial charge in [-0.05, 0) is 55.8 Å². The molecule has 6 nitrogen and oxygen atoms in total. The molecule has 138 valence electrons. The molecule has 0 saturated heterocycles. The van der Waals surface area contributed by atoms with Crippen LogP contribution < -0.4 is 10.1 Å². The molecule has 0 unspecified atom stereocenters. The van der Waals surface area contributed by atoms with Crippen molar-refractivity contribution in [2.75, 3.05) is 12.4 Å². The molecule has 6 heteroatoms. The summed E-state index contributed by atoms with van der Waals surface area (Å²) < 4.78 is 7.43. The molecule has 0 aliphatic rings. The number of hydrogen-bond donors (Lipinski definition) is 2. The number of fused-ring (bicyclic) bond motifs is 2. The van der Waals surface area contributed by atoms with Crippen molar-refractivity contribution < 1.29 is 9.53 Å². The van der Waals surface area contributed by atoms with Gasteiger partial charge in [-0.2, -0.15) is 0 Å². The zero-order valence-electron chi connectivity index (χ0n) is 15.7. The highest BCUT2D eigenvalue weighted by Crippen LogP contribution is 2.24. The number of nitrogens with one attached hydrogen (secondary N) is 2. The molecule has 0 fully saturated rings. The number of H-pyrrole nitrogens is 1. The van der Waals surface area contributed by atoms with E-state index >= 15 is 0 Å². The topological polar surface area (TPSA) is 71.9 Å². The Morgan fingerprint density at radius 3 is 2.85 bits per heavy atom. The first kappa shape index (κ1) is 17.1. The van der Waals surface area contributed by atoms with Crippen molar-refractivity contribution >= 4 is 33.5 Å². The first-order valence-corrected chi connectivity index (χ1v) is 9.04. The van der Waals surface area contributed by atoms with Crippen LogP contribution in [0.2, 0.25) is 0 Å². The van der Waals surface area contributed by atoms with E-state index in [0.717, 1.165) is 52.2 Å². The van der Waals surface area contributed by atoms with Gasteiger partial charge in [0.2, 0.25) is 0 Å². The average Bonchev–Trinajstić information content (AvgIpc) is 3.22. The summed E-state index contributed by atoms with van der Waals surface area (Å²) in [5, 5.41) is 3.88. The fourth-order valence-electron chi connectivity index (χ4n) is 3.39. The Morgan fingerprint density at radius 2 is 2.07 bits per heavy atom. The Labute approximate surface area is 157 Å². The van der Waals surface area contributed by atoms with E-state index in [1.807, 2.05) is 49.4 Å². The number of ether oxygens (including phenoxy) is 1. The van der Waals surface area contributed by atoms with Crippen molar-refractivity contribution in [2.45, 2.75) is 26.8 Å². The fourth-order valence-corrected chi connectivity index (χ4v) is 3.39. The summed E-state index contributed by atoms with van der Waals surface area (Å²) >= 11 is 0. The number of hydrogen-bond acceptors (Lipinski definition) is 3. The van der Waals surface area contributed by atoms with Gasteiger partial charge in [0, 0.05) is 23.1 Å².